The van der Waals surface area contributed by atoms with E-state index in [4.69, 9.17) is 0 Å². The van der Waals surface area contributed by atoms with E-state index in [1.165, 1.54) is 51.5 Å². The summed E-state index contributed by atoms with van der Waals surface area (Å²) in [5.74, 6) is 1.33. The topological polar surface area (TPSA) is 43.7 Å². The van der Waals surface area contributed by atoms with Gasteiger partial charge in [0.2, 0.25) is 0 Å². The molecule has 2 aliphatic carbocycles. The van der Waals surface area contributed by atoms with E-state index in [2.05, 4.69) is 38.1 Å². The maximum Gasteiger partial charge on any atom is 0.0721 e. The summed E-state index contributed by atoms with van der Waals surface area (Å²) in [5, 5.41) is 20.7. The van der Waals surface area contributed by atoms with Crippen molar-refractivity contribution in [3.63, 3.8) is 0 Å². The van der Waals surface area contributed by atoms with E-state index in [0.717, 1.165) is 25.7 Å². The lowest BCUT2D eigenvalue weighted by Crippen LogP contribution is -2.18. The predicted octanol–water partition coefficient (Wildman–Crippen LogP) is 4.94. The zero-order chi connectivity index (χ0) is 19.6. The highest BCUT2D eigenvalue weighted by molar-refractivity contribution is 5.20. The molecule has 0 aliphatic heterocycles. The van der Waals surface area contributed by atoms with Gasteiger partial charge in [0.05, 0.1) is 12.2 Å². The Labute approximate surface area is 167 Å². The summed E-state index contributed by atoms with van der Waals surface area (Å²) < 4.78 is 0. The van der Waals surface area contributed by atoms with Crippen molar-refractivity contribution < 1.29 is 10.2 Å². The first-order chi connectivity index (χ1) is 13.0. The largest absolute Gasteiger partial charge is 0.392 e. The number of aliphatic hydroxyl groups excluding tert-OH is 2. The minimum absolute atomic E-state index is 0.225. The standard InChI is InChI=1S/C24H43NO2/c1-4-5-6-9-12-21(26)13-14-22-23-17-19(16-20(23)18-24(22)27)11-8-7-10-15-25(2)3/h13-14,16,20-24,26-27H,4-12,15,17-18H2,1-3H3/t20-,21+,22+,23-,24+/m0/s1. The van der Waals surface area contributed by atoms with Crippen molar-refractivity contribution in [3.05, 3.63) is 23.8 Å². The van der Waals surface area contributed by atoms with Gasteiger partial charge in [-0.2, -0.15) is 0 Å². The first-order valence-electron chi connectivity index (χ1n) is 11.4. The molecule has 0 saturated heterocycles. The summed E-state index contributed by atoms with van der Waals surface area (Å²) in [5.41, 5.74) is 1.61. The Morgan fingerprint density at radius 2 is 1.93 bits per heavy atom. The molecule has 0 heterocycles. The summed E-state index contributed by atoms with van der Waals surface area (Å²) in [6.07, 6.45) is 18.8. The van der Waals surface area contributed by atoms with E-state index in [1.54, 1.807) is 5.57 Å². The van der Waals surface area contributed by atoms with Gasteiger partial charge in [-0.15, -0.1) is 0 Å². The number of unbranched alkanes of at least 4 members (excludes halogenated alkanes) is 5. The van der Waals surface area contributed by atoms with E-state index in [1.807, 2.05) is 6.08 Å². The number of rotatable bonds is 13. The molecule has 5 atom stereocenters. The fourth-order valence-corrected chi connectivity index (χ4v) is 4.88. The number of hydrogen-bond acceptors (Lipinski definition) is 3. The van der Waals surface area contributed by atoms with Crippen molar-refractivity contribution in [1.29, 1.82) is 0 Å². The molecule has 0 unspecified atom stereocenters. The fraction of sp³-hybridized carbons (Fsp3) is 0.833. The average Bonchev–Trinajstić information content (AvgIpc) is 3.13. The summed E-state index contributed by atoms with van der Waals surface area (Å²) in [4.78, 5) is 2.26. The summed E-state index contributed by atoms with van der Waals surface area (Å²) in [6.45, 7) is 3.39. The molecule has 0 amide bonds. The van der Waals surface area contributed by atoms with Crippen LogP contribution in [0.15, 0.2) is 23.8 Å². The molecular formula is C24H43NO2. The third kappa shape index (κ3) is 7.71. The van der Waals surface area contributed by atoms with Crippen LogP contribution in [0.1, 0.15) is 77.6 Å². The van der Waals surface area contributed by atoms with Crippen LogP contribution >= 0.6 is 0 Å². The van der Waals surface area contributed by atoms with Crippen LogP contribution in [0.3, 0.4) is 0 Å². The molecule has 156 valence electrons. The van der Waals surface area contributed by atoms with Crippen LogP contribution in [-0.2, 0) is 0 Å². The summed E-state index contributed by atoms with van der Waals surface area (Å²) in [7, 11) is 4.28. The number of aliphatic hydroxyl groups is 2. The highest BCUT2D eigenvalue weighted by Gasteiger charge is 2.43. The minimum atomic E-state index is -0.348. The van der Waals surface area contributed by atoms with Crippen molar-refractivity contribution in [2.45, 2.75) is 89.8 Å². The molecule has 2 N–H and O–H groups in total. The second-order valence-electron chi connectivity index (χ2n) is 9.15. The maximum atomic E-state index is 10.5. The van der Waals surface area contributed by atoms with E-state index >= 15 is 0 Å². The lowest BCUT2D eigenvalue weighted by atomic mass is 9.88. The minimum Gasteiger partial charge on any atom is -0.392 e. The molecule has 0 aromatic carbocycles. The second-order valence-corrected chi connectivity index (χ2v) is 9.15. The zero-order valence-corrected chi connectivity index (χ0v) is 17.9. The van der Waals surface area contributed by atoms with Crippen LogP contribution in [0.25, 0.3) is 0 Å². The molecule has 1 fully saturated rings. The lowest BCUT2D eigenvalue weighted by Gasteiger charge is -2.19. The maximum absolute atomic E-state index is 10.5. The van der Waals surface area contributed by atoms with Crippen LogP contribution in [0.5, 0.6) is 0 Å². The number of allylic oxidation sites excluding steroid dienone is 2. The summed E-state index contributed by atoms with van der Waals surface area (Å²) in [6, 6.07) is 0. The van der Waals surface area contributed by atoms with Crippen LogP contribution in [-0.4, -0.2) is 48.0 Å². The Kier molecular flexibility index (Phi) is 10.1. The molecule has 27 heavy (non-hydrogen) atoms. The first-order valence-corrected chi connectivity index (χ1v) is 11.4. The molecule has 0 aromatic rings. The smallest absolute Gasteiger partial charge is 0.0721 e. The van der Waals surface area contributed by atoms with Crippen molar-refractivity contribution in [2.75, 3.05) is 20.6 Å². The van der Waals surface area contributed by atoms with E-state index < -0.39 is 0 Å². The molecular weight excluding hydrogens is 334 g/mol. The average molecular weight is 378 g/mol. The van der Waals surface area contributed by atoms with Gasteiger partial charge in [-0.05, 0) is 71.0 Å². The Morgan fingerprint density at radius 3 is 2.67 bits per heavy atom. The van der Waals surface area contributed by atoms with Crippen LogP contribution in [0.4, 0.5) is 0 Å². The van der Waals surface area contributed by atoms with E-state index in [9.17, 15) is 10.2 Å². The highest BCUT2D eigenvalue weighted by Crippen LogP contribution is 2.48. The van der Waals surface area contributed by atoms with Crippen LogP contribution in [0, 0.1) is 17.8 Å². The molecule has 3 nitrogen and oxygen atoms in total. The first kappa shape index (κ1) is 22.6. The number of hydrogen-bond donors (Lipinski definition) is 2. The molecule has 3 heteroatoms. The quantitative estimate of drug-likeness (QED) is 0.353. The van der Waals surface area contributed by atoms with Gasteiger partial charge < -0.3 is 15.1 Å². The summed E-state index contributed by atoms with van der Waals surface area (Å²) >= 11 is 0. The van der Waals surface area contributed by atoms with Crippen LogP contribution < -0.4 is 0 Å². The van der Waals surface area contributed by atoms with Gasteiger partial charge in [0.1, 0.15) is 0 Å². The number of nitrogens with zero attached hydrogens (tertiary/aromatic N) is 1. The molecule has 2 rings (SSSR count). The third-order valence-corrected chi connectivity index (χ3v) is 6.46. The van der Waals surface area contributed by atoms with Crippen molar-refractivity contribution in [2.24, 2.45) is 17.8 Å². The molecule has 0 spiro atoms. The zero-order valence-electron chi connectivity index (χ0n) is 17.9. The van der Waals surface area contributed by atoms with Crippen molar-refractivity contribution in [1.82, 2.24) is 4.90 Å². The van der Waals surface area contributed by atoms with Gasteiger partial charge in [0.15, 0.2) is 0 Å². The predicted molar refractivity (Wildman–Crippen MR) is 115 cm³/mol. The lowest BCUT2D eigenvalue weighted by molar-refractivity contribution is 0.139. The molecule has 0 bridgehead atoms. The molecule has 1 saturated carbocycles. The highest BCUT2D eigenvalue weighted by atomic mass is 16.3. The third-order valence-electron chi connectivity index (χ3n) is 6.46. The Hall–Kier alpha value is -0.640. The molecule has 0 radical (unpaired) electrons. The van der Waals surface area contributed by atoms with Gasteiger partial charge in [0, 0.05) is 5.92 Å². The van der Waals surface area contributed by atoms with Gasteiger partial charge in [-0.25, -0.2) is 0 Å². The van der Waals surface area contributed by atoms with Gasteiger partial charge >= 0.3 is 0 Å². The van der Waals surface area contributed by atoms with Crippen LogP contribution in [0.2, 0.25) is 0 Å². The second kappa shape index (κ2) is 12.0. The van der Waals surface area contributed by atoms with E-state index in [0.29, 0.717) is 11.8 Å². The normalized spacial score (nSPS) is 28.9. The molecule has 0 aromatic heterocycles. The Balaban J connectivity index is 1.72. The van der Waals surface area contributed by atoms with Crippen molar-refractivity contribution in [3.8, 4) is 0 Å². The Bertz CT molecular complexity index is 471. The van der Waals surface area contributed by atoms with E-state index in [-0.39, 0.29) is 18.1 Å². The molecule has 2 aliphatic rings. The van der Waals surface area contributed by atoms with Gasteiger partial charge in [-0.3, -0.25) is 0 Å². The monoisotopic (exact) mass is 377 g/mol. The fourth-order valence-electron chi connectivity index (χ4n) is 4.88. The SMILES string of the molecule is CCCCCC[C@@H](O)C=C[C@@H]1[C@H]2CC(CCCCCN(C)C)=C[C@H]2C[C@H]1O. The van der Waals surface area contributed by atoms with Crippen molar-refractivity contribution >= 4 is 0 Å². The van der Waals surface area contributed by atoms with Gasteiger partial charge in [0.25, 0.3) is 0 Å². The Morgan fingerprint density at radius 1 is 1.15 bits per heavy atom. The number of fused-ring (bicyclic) bond motifs is 1. The van der Waals surface area contributed by atoms with Gasteiger partial charge in [-0.1, -0.05) is 62.8 Å².